The van der Waals surface area contributed by atoms with Gasteiger partial charge in [0.05, 0.1) is 22.8 Å². The van der Waals surface area contributed by atoms with E-state index >= 15 is 0 Å². The van der Waals surface area contributed by atoms with Gasteiger partial charge in [-0.15, -0.1) is 11.3 Å². The number of nitrogens with zero attached hydrogens (tertiary/aromatic N) is 1. The van der Waals surface area contributed by atoms with Crippen molar-refractivity contribution in [1.29, 1.82) is 0 Å². The van der Waals surface area contributed by atoms with Crippen molar-refractivity contribution in [3.05, 3.63) is 58.0 Å². The molecule has 3 rings (SSSR count). The molecule has 0 aliphatic carbocycles. The summed E-state index contributed by atoms with van der Waals surface area (Å²) < 4.78 is 0. The average Bonchev–Trinajstić information content (AvgIpc) is 2.89. The van der Waals surface area contributed by atoms with Crippen molar-refractivity contribution in [3.8, 4) is 0 Å². The number of carbonyl (C=O) groups excluding carboxylic acids is 1. The molecular formula is C16H15N3OS. The fraction of sp³-hybridized carbons (Fsp3) is 0.125. The van der Waals surface area contributed by atoms with Crippen molar-refractivity contribution < 1.29 is 4.79 Å². The van der Waals surface area contributed by atoms with E-state index in [2.05, 4.69) is 10.3 Å². The van der Waals surface area contributed by atoms with E-state index in [0.29, 0.717) is 17.8 Å². The molecule has 21 heavy (non-hydrogen) atoms. The zero-order chi connectivity index (χ0) is 14.8. The van der Waals surface area contributed by atoms with Crippen LogP contribution in [0.1, 0.15) is 21.1 Å². The minimum Gasteiger partial charge on any atom is -0.398 e. The van der Waals surface area contributed by atoms with Gasteiger partial charge in [-0.3, -0.25) is 4.79 Å². The van der Waals surface area contributed by atoms with Crippen molar-refractivity contribution in [3.63, 3.8) is 0 Å². The molecule has 0 saturated carbocycles. The summed E-state index contributed by atoms with van der Waals surface area (Å²) in [6.45, 7) is 2.35. The number of fused-ring (bicyclic) bond motifs is 1. The van der Waals surface area contributed by atoms with E-state index in [-0.39, 0.29) is 5.91 Å². The Bertz CT molecular complexity index is 810. The number of aryl methyl sites for hydroxylation is 1. The molecule has 3 N–H and O–H groups in total. The molecule has 2 aromatic carbocycles. The second kappa shape index (κ2) is 5.54. The monoisotopic (exact) mass is 297 g/mol. The van der Waals surface area contributed by atoms with Gasteiger partial charge in [-0.25, -0.2) is 4.98 Å². The number of nitrogen functional groups attached to an aromatic ring is 1. The Morgan fingerprint density at radius 1 is 1.29 bits per heavy atom. The van der Waals surface area contributed by atoms with Gasteiger partial charge in [-0.2, -0.15) is 0 Å². The number of hydrogen-bond donors (Lipinski definition) is 2. The summed E-state index contributed by atoms with van der Waals surface area (Å²) in [7, 11) is 0. The van der Waals surface area contributed by atoms with Gasteiger partial charge in [-0.1, -0.05) is 24.3 Å². The molecule has 106 valence electrons. The smallest absolute Gasteiger partial charge is 0.253 e. The van der Waals surface area contributed by atoms with Crippen molar-refractivity contribution in [2.75, 3.05) is 5.73 Å². The Kier molecular flexibility index (Phi) is 3.58. The lowest BCUT2D eigenvalue weighted by atomic mass is 10.0. The maximum Gasteiger partial charge on any atom is 0.253 e. The third-order valence-electron chi connectivity index (χ3n) is 3.26. The summed E-state index contributed by atoms with van der Waals surface area (Å²) in [6.07, 6.45) is 0. The molecule has 1 amide bonds. The van der Waals surface area contributed by atoms with Gasteiger partial charge < -0.3 is 11.1 Å². The number of carbonyl (C=O) groups is 1. The standard InChI is InChI=1S/C16H15N3OS/c1-10-19-13(9-21-10)8-18-16(20)14-6-11-4-2-3-5-12(11)7-15(14)17/h2-7,9H,8,17H2,1H3,(H,18,20). The molecule has 0 bridgehead atoms. The molecule has 0 unspecified atom stereocenters. The minimum absolute atomic E-state index is 0.177. The number of benzene rings is 2. The first kappa shape index (κ1) is 13.6. The number of amides is 1. The summed E-state index contributed by atoms with van der Waals surface area (Å²) in [5.41, 5.74) is 7.84. The van der Waals surface area contributed by atoms with Crippen LogP contribution in [-0.2, 0) is 6.54 Å². The summed E-state index contributed by atoms with van der Waals surface area (Å²) in [5, 5.41) is 7.82. The van der Waals surface area contributed by atoms with Gasteiger partial charge in [0.25, 0.3) is 5.91 Å². The Labute approximate surface area is 126 Å². The lowest BCUT2D eigenvalue weighted by molar-refractivity contribution is 0.0951. The Morgan fingerprint density at radius 2 is 2.00 bits per heavy atom. The largest absolute Gasteiger partial charge is 0.398 e. The van der Waals surface area contributed by atoms with Crippen molar-refractivity contribution in [2.45, 2.75) is 13.5 Å². The van der Waals surface area contributed by atoms with Crippen LogP contribution in [0.25, 0.3) is 10.8 Å². The SMILES string of the molecule is Cc1nc(CNC(=O)c2cc3ccccc3cc2N)cs1. The van der Waals surface area contributed by atoms with Crippen molar-refractivity contribution in [2.24, 2.45) is 0 Å². The minimum atomic E-state index is -0.177. The lowest BCUT2D eigenvalue weighted by Crippen LogP contribution is -2.24. The molecular weight excluding hydrogens is 282 g/mol. The zero-order valence-electron chi connectivity index (χ0n) is 11.6. The first-order valence-electron chi connectivity index (χ1n) is 6.61. The Hall–Kier alpha value is -2.40. The fourth-order valence-electron chi connectivity index (χ4n) is 2.21. The number of hydrogen-bond acceptors (Lipinski definition) is 4. The number of nitrogens with one attached hydrogen (secondary N) is 1. The predicted octanol–water partition coefficient (Wildman–Crippen LogP) is 3.12. The van der Waals surface area contributed by atoms with Crippen LogP contribution in [0, 0.1) is 6.92 Å². The number of anilines is 1. The molecule has 0 saturated heterocycles. The van der Waals surface area contributed by atoms with E-state index in [9.17, 15) is 4.79 Å². The van der Waals surface area contributed by atoms with Crippen LogP contribution < -0.4 is 11.1 Å². The summed E-state index contributed by atoms with van der Waals surface area (Å²) in [4.78, 5) is 16.6. The highest BCUT2D eigenvalue weighted by Gasteiger charge is 2.11. The molecule has 0 radical (unpaired) electrons. The van der Waals surface area contributed by atoms with Crippen LogP contribution >= 0.6 is 11.3 Å². The highest BCUT2D eigenvalue weighted by Crippen LogP contribution is 2.22. The fourth-order valence-corrected chi connectivity index (χ4v) is 2.82. The van der Waals surface area contributed by atoms with Gasteiger partial charge in [0.2, 0.25) is 0 Å². The highest BCUT2D eigenvalue weighted by atomic mass is 32.1. The normalized spacial score (nSPS) is 10.7. The molecule has 0 fully saturated rings. The topological polar surface area (TPSA) is 68.0 Å². The quantitative estimate of drug-likeness (QED) is 0.730. The average molecular weight is 297 g/mol. The first-order valence-corrected chi connectivity index (χ1v) is 7.49. The Balaban J connectivity index is 1.82. The summed E-state index contributed by atoms with van der Waals surface area (Å²) in [6, 6.07) is 11.5. The molecule has 0 atom stereocenters. The maximum atomic E-state index is 12.3. The van der Waals surface area contributed by atoms with E-state index in [1.165, 1.54) is 0 Å². The molecule has 3 aromatic rings. The van der Waals surface area contributed by atoms with Gasteiger partial charge in [0, 0.05) is 11.1 Å². The molecule has 0 spiro atoms. The highest BCUT2D eigenvalue weighted by molar-refractivity contribution is 7.09. The predicted molar refractivity (Wildman–Crippen MR) is 86.4 cm³/mol. The molecule has 5 heteroatoms. The number of rotatable bonds is 3. The van der Waals surface area contributed by atoms with Crippen LogP contribution in [-0.4, -0.2) is 10.9 Å². The van der Waals surface area contributed by atoms with E-state index < -0.39 is 0 Å². The van der Waals surface area contributed by atoms with Crippen LogP contribution in [0.5, 0.6) is 0 Å². The zero-order valence-corrected chi connectivity index (χ0v) is 12.4. The molecule has 1 aromatic heterocycles. The van der Waals surface area contributed by atoms with Crippen molar-refractivity contribution in [1.82, 2.24) is 10.3 Å². The van der Waals surface area contributed by atoms with Crippen LogP contribution in [0.15, 0.2) is 41.8 Å². The van der Waals surface area contributed by atoms with Crippen molar-refractivity contribution >= 4 is 33.7 Å². The van der Waals surface area contributed by atoms with E-state index in [1.807, 2.05) is 48.7 Å². The third kappa shape index (κ3) is 2.87. The van der Waals surface area contributed by atoms with Crippen LogP contribution in [0.3, 0.4) is 0 Å². The summed E-state index contributed by atoms with van der Waals surface area (Å²) in [5.74, 6) is -0.177. The number of aromatic nitrogens is 1. The third-order valence-corrected chi connectivity index (χ3v) is 4.08. The van der Waals surface area contributed by atoms with E-state index in [4.69, 9.17) is 5.73 Å². The number of thiazole rings is 1. The van der Waals surface area contributed by atoms with Gasteiger partial charge in [-0.05, 0) is 29.8 Å². The summed E-state index contributed by atoms with van der Waals surface area (Å²) >= 11 is 1.57. The number of nitrogens with two attached hydrogens (primary N) is 1. The van der Waals surface area contributed by atoms with Gasteiger partial charge in [0.15, 0.2) is 0 Å². The van der Waals surface area contributed by atoms with Crippen LogP contribution in [0.2, 0.25) is 0 Å². The van der Waals surface area contributed by atoms with Gasteiger partial charge >= 0.3 is 0 Å². The van der Waals surface area contributed by atoms with Gasteiger partial charge in [0.1, 0.15) is 0 Å². The molecule has 4 nitrogen and oxygen atoms in total. The Morgan fingerprint density at radius 3 is 2.67 bits per heavy atom. The first-order chi connectivity index (χ1) is 10.1. The van der Waals surface area contributed by atoms with E-state index in [1.54, 1.807) is 11.3 Å². The molecule has 0 aliphatic heterocycles. The molecule has 0 aliphatic rings. The lowest BCUT2D eigenvalue weighted by Gasteiger charge is -2.08. The second-order valence-corrected chi connectivity index (χ2v) is 5.89. The maximum absolute atomic E-state index is 12.3. The van der Waals surface area contributed by atoms with E-state index in [0.717, 1.165) is 21.5 Å². The second-order valence-electron chi connectivity index (χ2n) is 4.83. The van der Waals surface area contributed by atoms with Crippen LogP contribution in [0.4, 0.5) is 5.69 Å². The molecule has 1 heterocycles.